The topological polar surface area (TPSA) is 47.8 Å². The lowest BCUT2D eigenvalue weighted by Crippen LogP contribution is -2.15. The number of fused-ring (bicyclic) bond motifs is 1. The first-order valence-electron chi connectivity index (χ1n) is 6.08. The lowest BCUT2D eigenvalue weighted by Gasteiger charge is -2.04. The van der Waals surface area contributed by atoms with Crippen LogP contribution in [-0.2, 0) is 0 Å². The number of rotatable bonds is 2. The van der Waals surface area contributed by atoms with E-state index >= 15 is 0 Å². The molecule has 2 heterocycles. The second-order valence-electron chi connectivity index (χ2n) is 4.32. The van der Waals surface area contributed by atoms with E-state index in [2.05, 4.69) is 16.7 Å². The fourth-order valence-electron chi connectivity index (χ4n) is 2.12. The van der Waals surface area contributed by atoms with Gasteiger partial charge in [-0.15, -0.1) is 0 Å². The fourth-order valence-corrected chi connectivity index (χ4v) is 2.58. The van der Waals surface area contributed by atoms with Gasteiger partial charge in [-0.3, -0.25) is 4.79 Å². The molecule has 1 aromatic carbocycles. The normalized spacial score (nSPS) is 10.8. The summed E-state index contributed by atoms with van der Waals surface area (Å²) >= 11 is 11.7. The molecule has 0 N–H and O–H groups in total. The van der Waals surface area contributed by atoms with Gasteiger partial charge in [0.15, 0.2) is 0 Å². The molecule has 0 amide bonds. The highest BCUT2D eigenvalue weighted by atomic mass is 35.5. The molecule has 3 rings (SSSR count). The molecule has 0 saturated carbocycles. The molecule has 0 spiro atoms. The van der Waals surface area contributed by atoms with Gasteiger partial charge in [-0.1, -0.05) is 48.0 Å². The molecule has 0 aliphatic rings. The molecule has 21 heavy (non-hydrogen) atoms. The average Bonchev–Trinajstić information content (AvgIpc) is 2.83. The summed E-state index contributed by atoms with van der Waals surface area (Å²) in [4.78, 5) is 16.4. The van der Waals surface area contributed by atoms with Crippen molar-refractivity contribution in [2.24, 2.45) is 0 Å². The zero-order valence-electron chi connectivity index (χ0n) is 10.8. The molecule has 0 bridgehead atoms. The molecule has 0 fully saturated rings. The van der Waals surface area contributed by atoms with E-state index in [4.69, 9.17) is 23.2 Å². The van der Waals surface area contributed by atoms with Crippen molar-refractivity contribution in [3.05, 3.63) is 64.5 Å². The fraction of sp³-hybridized carbons (Fsp3) is 0. The van der Waals surface area contributed by atoms with E-state index in [1.54, 1.807) is 6.08 Å². The summed E-state index contributed by atoms with van der Waals surface area (Å²) in [6, 6.07) is 10.4. The van der Waals surface area contributed by atoms with Crippen LogP contribution < -0.4 is 0 Å². The van der Waals surface area contributed by atoms with E-state index in [1.165, 1.54) is 16.8 Å². The molecule has 4 nitrogen and oxygen atoms in total. The smallest absolute Gasteiger partial charge is 0.267 e. The lowest BCUT2D eigenvalue weighted by molar-refractivity contribution is 0.0945. The first kappa shape index (κ1) is 13.8. The Kier molecular flexibility index (Phi) is 3.49. The van der Waals surface area contributed by atoms with Gasteiger partial charge < -0.3 is 0 Å². The number of carbonyl (C=O) groups is 1. The molecule has 6 heteroatoms. The van der Waals surface area contributed by atoms with Crippen LogP contribution in [0.4, 0.5) is 0 Å². The number of halogens is 2. The van der Waals surface area contributed by atoms with Crippen molar-refractivity contribution in [2.45, 2.75) is 0 Å². The second-order valence-corrected chi connectivity index (χ2v) is 5.10. The van der Waals surface area contributed by atoms with Gasteiger partial charge in [-0.25, -0.2) is 4.98 Å². The van der Waals surface area contributed by atoms with Crippen molar-refractivity contribution in [1.82, 2.24) is 14.8 Å². The summed E-state index contributed by atoms with van der Waals surface area (Å²) in [5.74, 6) is -0.340. The van der Waals surface area contributed by atoms with E-state index in [-0.39, 0.29) is 16.2 Å². The maximum atomic E-state index is 12.6. The second kappa shape index (κ2) is 5.31. The predicted octanol–water partition coefficient (Wildman–Crippen LogP) is 4.07. The number of carbonyl (C=O) groups excluding carboxylic acids is 1. The van der Waals surface area contributed by atoms with Crippen molar-refractivity contribution in [3.8, 4) is 0 Å². The third-order valence-corrected chi connectivity index (χ3v) is 3.40. The minimum absolute atomic E-state index is 0.155. The van der Waals surface area contributed by atoms with E-state index < -0.39 is 0 Å². The first-order valence-corrected chi connectivity index (χ1v) is 6.84. The Balaban J connectivity index is 2.19. The Morgan fingerprint density at radius 1 is 1.19 bits per heavy atom. The number of nitrogens with zero attached hydrogens (tertiary/aromatic N) is 3. The van der Waals surface area contributed by atoms with Gasteiger partial charge in [0.1, 0.15) is 10.3 Å². The van der Waals surface area contributed by atoms with Crippen LogP contribution in [0.1, 0.15) is 16.1 Å². The summed E-state index contributed by atoms with van der Waals surface area (Å²) in [6.45, 7) is 3.75. The van der Waals surface area contributed by atoms with Crippen molar-refractivity contribution < 1.29 is 4.79 Å². The van der Waals surface area contributed by atoms with Crippen LogP contribution in [0.3, 0.4) is 0 Å². The molecule has 0 unspecified atom stereocenters. The third-order valence-electron chi connectivity index (χ3n) is 3.01. The van der Waals surface area contributed by atoms with Gasteiger partial charge in [0.05, 0.1) is 11.2 Å². The van der Waals surface area contributed by atoms with Gasteiger partial charge in [0.2, 0.25) is 0 Å². The lowest BCUT2D eigenvalue weighted by atomic mass is 10.2. The highest BCUT2D eigenvalue weighted by Gasteiger charge is 2.17. The Hall–Kier alpha value is -2.17. The van der Waals surface area contributed by atoms with Crippen molar-refractivity contribution in [2.75, 3.05) is 0 Å². The highest BCUT2D eigenvalue weighted by molar-refractivity contribution is 6.33. The van der Waals surface area contributed by atoms with Crippen molar-refractivity contribution >= 4 is 46.1 Å². The predicted molar refractivity (Wildman–Crippen MR) is 83.8 cm³/mol. The Morgan fingerprint density at radius 3 is 2.52 bits per heavy atom. The maximum absolute atomic E-state index is 12.6. The monoisotopic (exact) mass is 317 g/mol. The van der Waals surface area contributed by atoms with Gasteiger partial charge in [-0.05, 0) is 24.3 Å². The molecule has 2 aromatic heterocycles. The van der Waals surface area contributed by atoms with Gasteiger partial charge >= 0.3 is 0 Å². The van der Waals surface area contributed by atoms with Crippen LogP contribution in [0.15, 0.2) is 43.0 Å². The first-order chi connectivity index (χ1) is 10.1. The summed E-state index contributed by atoms with van der Waals surface area (Å²) in [6.07, 6.45) is 1.59. The van der Waals surface area contributed by atoms with Crippen LogP contribution in [-0.4, -0.2) is 20.7 Å². The zero-order valence-corrected chi connectivity index (χ0v) is 12.3. The van der Waals surface area contributed by atoms with Gasteiger partial charge in [0, 0.05) is 10.9 Å². The summed E-state index contributed by atoms with van der Waals surface area (Å²) in [5.41, 5.74) is 1.66. The van der Waals surface area contributed by atoms with Gasteiger partial charge in [-0.2, -0.15) is 9.78 Å². The summed E-state index contributed by atoms with van der Waals surface area (Å²) in [5, 5.41) is 5.47. The molecule has 3 aromatic rings. The molecule has 0 aliphatic carbocycles. The summed E-state index contributed by atoms with van der Waals surface area (Å²) in [7, 11) is 0. The molecular weight excluding hydrogens is 309 g/mol. The Bertz CT molecular complexity index is 850. The van der Waals surface area contributed by atoms with E-state index in [9.17, 15) is 4.79 Å². The SMILES string of the molecule is C=Cc1c2ccccc2nn1C(=O)c1cc(Cl)nc(Cl)c1. The summed E-state index contributed by atoms with van der Waals surface area (Å²) < 4.78 is 1.29. The van der Waals surface area contributed by atoms with Crippen LogP contribution in [0, 0.1) is 0 Å². The molecule has 0 radical (unpaired) electrons. The maximum Gasteiger partial charge on any atom is 0.278 e. The molecule has 0 atom stereocenters. The van der Waals surface area contributed by atoms with E-state index in [1.807, 2.05) is 24.3 Å². The van der Waals surface area contributed by atoms with Crippen LogP contribution in [0.2, 0.25) is 10.3 Å². The number of pyridine rings is 1. The largest absolute Gasteiger partial charge is 0.278 e. The molecule has 0 aliphatic heterocycles. The number of aromatic nitrogens is 3. The standard InChI is InChI=1S/C15H9Cl2N3O/c1-2-12-10-5-3-4-6-11(10)19-20(12)15(21)9-7-13(16)18-14(17)8-9/h2-8H,1H2. The number of hydrogen-bond donors (Lipinski definition) is 0. The minimum Gasteiger partial charge on any atom is -0.267 e. The quantitative estimate of drug-likeness (QED) is 0.669. The van der Waals surface area contributed by atoms with E-state index in [0.717, 1.165) is 5.39 Å². The Morgan fingerprint density at radius 2 is 1.86 bits per heavy atom. The van der Waals surface area contributed by atoms with Crippen molar-refractivity contribution in [3.63, 3.8) is 0 Å². The molecule has 104 valence electrons. The minimum atomic E-state index is -0.340. The van der Waals surface area contributed by atoms with Crippen molar-refractivity contribution in [1.29, 1.82) is 0 Å². The number of benzene rings is 1. The average molecular weight is 318 g/mol. The Labute approximate surface area is 130 Å². The van der Waals surface area contributed by atoms with Crippen LogP contribution >= 0.6 is 23.2 Å². The third kappa shape index (κ3) is 2.44. The number of hydrogen-bond acceptors (Lipinski definition) is 3. The van der Waals surface area contributed by atoms with Crippen LogP contribution in [0.5, 0.6) is 0 Å². The molecule has 0 saturated heterocycles. The van der Waals surface area contributed by atoms with Gasteiger partial charge in [0.25, 0.3) is 5.91 Å². The zero-order chi connectivity index (χ0) is 15.0. The molecular formula is C15H9Cl2N3O. The van der Waals surface area contributed by atoms with Crippen LogP contribution in [0.25, 0.3) is 17.0 Å². The highest BCUT2D eigenvalue weighted by Crippen LogP contribution is 2.22. The van der Waals surface area contributed by atoms with E-state index in [0.29, 0.717) is 16.8 Å².